The van der Waals surface area contributed by atoms with E-state index in [0.29, 0.717) is 11.7 Å². The number of hydrogen-bond acceptors (Lipinski definition) is 5. The van der Waals surface area contributed by atoms with E-state index in [1.807, 2.05) is 6.92 Å². The first kappa shape index (κ1) is 16.1. The fourth-order valence-electron chi connectivity index (χ4n) is 3.00. The number of likely N-dealkylation sites (N-methyl/N-ethyl adjacent to an activating group) is 1. The van der Waals surface area contributed by atoms with E-state index in [1.54, 1.807) is 18.4 Å². The standard InChI is InChI=1S/C16H22N4O2S/c1-8-4-5-10-11(6-8)23-16-13(10)15(22)19-14(20-16)9(2)18-7-12(21)17-3/h8-9,18H,4-7H2,1-3H3,(H,17,21)(H,19,20,22)/t8-,9-/m1/s1. The van der Waals surface area contributed by atoms with Crippen LogP contribution in [0.15, 0.2) is 4.79 Å². The molecule has 0 saturated heterocycles. The summed E-state index contributed by atoms with van der Waals surface area (Å²) < 4.78 is 0. The van der Waals surface area contributed by atoms with Gasteiger partial charge in [-0.1, -0.05) is 6.92 Å². The van der Waals surface area contributed by atoms with Crippen molar-refractivity contribution in [1.29, 1.82) is 0 Å². The molecule has 0 spiro atoms. The van der Waals surface area contributed by atoms with Crippen molar-refractivity contribution >= 4 is 27.5 Å². The van der Waals surface area contributed by atoms with E-state index >= 15 is 0 Å². The van der Waals surface area contributed by atoms with Crippen molar-refractivity contribution in [2.45, 2.75) is 39.2 Å². The first-order chi connectivity index (χ1) is 11.0. The molecule has 0 aliphatic heterocycles. The van der Waals surface area contributed by atoms with Gasteiger partial charge in [-0.15, -0.1) is 11.3 Å². The van der Waals surface area contributed by atoms with Crippen molar-refractivity contribution in [3.8, 4) is 0 Å². The summed E-state index contributed by atoms with van der Waals surface area (Å²) in [5.74, 6) is 1.15. The molecule has 2 atom stereocenters. The van der Waals surface area contributed by atoms with Gasteiger partial charge in [0.25, 0.3) is 5.56 Å². The van der Waals surface area contributed by atoms with Crippen LogP contribution in [-0.2, 0) is 17.6 Å². The number of thiophene rings is 1. The molecular formula is C16H22N4O2S. The third-order valence-electron chi connectivity index (χ3n) is 4.44. The zero-order chi connectivity index (χ0) is 16.6. The number of aromatic nitrogens is 2. The number of amides is 1. The third-order valence-corrected chi connectivity index (χ3v) is 5.59. The zero-order valence-corrected chi connectivity index (χ0v) is 14.5. The average Bonchev–Trinajstić information content (AvgIpc) is 2.89. The maximum absolute atomic E-state index is 12.5. The van der Waals surface area contributed by atoms with Gasteiger partial charge in [0, 0.05) is 11.9 Å². The molecule has 3 N–H and O–H groups in total. The molecule has 2 aromatic heterocycles. The summed E-state index contributed by atoms with van der Waals surface area (Å²) >= 11 is 1.64. The maximum Gasteiger partial charge on any atom is 0.259 e. The Balaban J connectivity index is 1.92. The molecule has 3 rings (SSSR count). The lowest BCUT2D eigenvalue weighted by Crippen LogP contribution is -2.34. The van der Waals surface area contributed by atoms with E-state index in [0.717, 1.165) is 29.5 Å². The predicted octanol–water partition coefficient (Wildman–Crippen LogP) is 1.51. The highest BCUT2D eigenvalue weighted by Crippen LogP contribution is 2.35. The molecule has 0 unspecified atom stereocenters. The summed E-state index contributed by atoms with van der Waals surface area (Å²) in [6.45, 7) is 4.34. The number of carbonyl (C=O) groups excluding carboxylic acids is 1. The maximum atomic E-state index is 12.5. The first-order valence-electron chi connectivity index (χ1n) is 7.98. The summed E-state index contributed by atoms with van der Waals surface area (Å²) in [4.78, 5) is 33.5. The Kier molecular flexibility index (Phi) is 4.50. The fraction of sp³-hybridized carbons (Fsp3) is 0.562. The number of H-pyrrole nitrogens is 1. The predicted molar refractivity (Wildman–Crippen MR) is 91.9 cm³/mol. The lowest BCUT2D eigenvalue weighted by Gasteiger charge is -2.17. The van der Waals surface area contributed by atoms with Crippen LogP contribution in [0.3, 0.4) is 0 Å². The van der Waals surface area contributed by atoms with Crippen LogP contribution in [0, 0.1) is 5.92 Å². The highest BCUT2D eigenvalue weighted by atomic mass is 32.1. The molecule has 1 amide bonds. The van der Waals surface area contributed by atoms with Gasteiger partial charge in [-0.25, -0.2) is 4.98 Å². The quantitative estimate of drug-likeness (QED) is 0.791. The molecule has 0 saturated carbocycles. The minimum atomic E-state index is -0.192. The van der Waals surface area contributed by atoms with Gasteiger partial charge in [0.15, 0.2) is 0 Å². The molecule has 2 heterocycles. The van der Waals surface area contributed by atoms with Gasteiger partial charge in [0.1, 0.15) is 10.7 Å². The van der Waals surface area contributed by atoms with E-state index < -0.39 is 0 Å². The summed E-state index contributed by atoms with van der Waals surface area (Å²) in [5.41, 5.74) is 1.13. The summed E-state index contributed by atoms with van der Waals surface area (Å²) in [6.07, 6.45) is 3.13. The second kappa shape index (κ2) is 6.41. The summed E-state index contributed by atoms with van der Waals surface area (Å²) in [7, 11) is 1.60. The van der Waals surface area contributed by atoms with Crippen LogP contribution in [0.25, 0.3) is 10.2 Å². The number of fused-ring (bicyclic) bond motifs is 3. The number of nitrogens with one attached hydrogen (secondary N) is 3. The van der Waals surface area contributed by atoms with Crippen molar-refractivity contribution in [3.63, 3.8) is 0 Å². The van der Waals surface area contributed by atoms with Crippen LogP contribution < -0.4 is 16.2 Å². The van der Waals surface area contributed by atoms with Crippen molar-refractivity contribution in [1.82, 2.24) is 20.6 Å². The fourth-order valence-corrected chi connectivity index (χ4v) is 4.39. The molecule has 6 nitrogen and oxygen atoms in total. The molecule has 0 fully saturated rings. The smallest absolute Gasteiger partial charge is 0.259 e. The van der Waals surface area contributed by atoms with E-state index in [-0.39, 0.29) is 24.1 Å². The number of aryl methyl sites for hydroxylation is 1. The van der Waals surface area contributed by atoms with Gasteiger partial charge in [-0.2, -0.15) is 0 Å². The van der Waals surface area contributed by atoms with Crippen LogP contribution in [-0.4, -0.2) is 29.5 Å². The normalized spacial score (nSPS) is 18.7. The van der Waals surface area contributed by atoms with E-state index in [4.69, 9.17) is 0 Å². The monoisotopic (exact) mass is 334 g/mol. The van der Waals surface area contributed by atoms with Gasteiger partial charge < -0.3 is 10.3 Å². The molecule has 1 aliphatic carbocycles. The van der Waals surface area contributed by atoms with Crippen LogP contribution in [0.5, 0.6) is 0 Å². The summed E-state index contributed by atoms with van der Waals surface area (Å²) in [5, 5.41) is 6.39. The van der Waals surface area contributed by atoms with E-state index in [9.17, 15) is 9.59 Å². The molecule has 23 heavy (non-hydrogen) atoms. The van der Waals surface area contributed by atoms with Gasteiger partial charge in [0.2, 0.25) is 5.91 Å². The van der Waals surface area contributed by atoms with E-state index in [1.165, 1.54) is 10.4 Å². The van der Waals surface area contributed by atoms with Crippen molar-refractivity contribution in [3.05, 3.63) is 26.6 Å². The number of hydrogen-bond donors (Lipinski definition) is 3. The molecule has 0 bridgehead atoms. The molecule has 124 valence electrons. The molecule has 0 radical (unpaired) electrons. The third kappa shape index (κ3) is 3.16. The molecular weight excluding hydrogens is 312 g/mol. The molecule has 1 aliphatic rings. The molecule has 0 aromatic carbocycles. The summed E-state index contributed by atoms with van der Waals surface area (Å²) in [6, 6.07) is -0.192. The molecule has 7 heteroatoms. The van der Waals surface area contributed by atoms with Gasteiger partial charge >= 0.3 is 0 Å². The number of carbonyl (C=O) groups is 1. The van der Waals surface area contributed by atoms with Crippen molar-refractivity contribution in [2.75, 3.05) is 13.6 Å². The zero-order valence-electron chi connectivity index (χ0n) is 13.7. The van der Waals surface area contributed by atoms with Crippen LogP contribution in [0.4, 0.5) is 0 Å². The largest absolute Gasteiger partial charge is 0.358 e. The van der Waals surface area contributed by atoms with Crippen LogP contribution in [0.2, 0.25) is 0 Å². The van der Waals surface area contributed by atoms with Gasteiger partial charge in [-0.3, -0.25) is 14.9 Å². The highest BCUT2D eigenvalue weighted by Gasteiger charge is 2.23. The topological polar surface area (TPSA) is 86.9 Å². The van der Waals surface area contributed by atoms with E-state index in [2.05, 4.69) is 27.5 Å². The highest BCUT2D eigenvalue weighted by molar-refractivity contribution is 7.18. The van der Waals surface area contributed by atoms with Crippen molar-refractivity contribution < 1.29 is 4.79 Å². The van der Waals surface area contributed by atoms with Crippen molar-refractivity contribution in [2.24, 2.45) is 5.92 Å². The Morgan fingerprint density at radius 2 is 2.30 bits per heavy atom. The number of aromatic amines is 1. The Morgan fingerprint density at radius 3 is 3.04 bits per heavy atom. The average molecular weight is 334 g/mol. The second-order valence-corrected chi connectivity index (χ2v) is 7.34. The number of nitrogens with zero attached hydrogens (tertiary/aromatic N) is 1. The molecule has 2 aromatic rings. The van der Waals surface area contributed by atoms with Crippen LogP contribution >= 0.6 is 11.3 Å². The Morgan fingerprint density at radius 1 is 1.52 bits per heavy atom. The SMILES string of the molecule is CNC(=O)CN[C@H](C)c1nc2sc3c(c2c(=O)[nH]1)CC[C@@H](C)C3. The minimum Gasteiger partial charge on any atom is -0.358 e. The lowest BCUT2D eigenvalue weighted by atomic mass is 9.89. The minimum absolute atomic E-state index is 0.0642. The second-order valence-electron chi connectivity index (χ2n) is 6.26. The Labute approximate surface area is 138 Å². The van der Waals surface area contributed by atoms with Crippen LogP contribution in [0.1, 0.15) is 42.6 Å². The number of rotatable bonds is 4. The lowest BCUT2D eigenvalue weighted by molar-refractivity contribution is -0.119. The van der Waals surface area contributed by atoms with Gasteiger partial charge in [0.05, 0.1) is 18.0 Å². The first-order valence-corrected chi connectivity index (χ1v) is 8.79. The Hall–Kier alpha value is -1.73. The Bertz CT molecular complexity index is 795. The van der Waals surface area contributed by atoms with Gasteiger partial charge in [-0.05, 0) is 37.7 Å².